The maximum atomic E-state index is 13.4. The second kappa shape index (κ2) is 9.00. The van der Waals surface area contributed by atoms with E-state index in [-0.39, 0.29) is 5.91 Å². The molecular formula is C24H18Cl2N2OS. The number of nitrogens with zero attached hydrogens (tertiary/aromatic N) is 2. The van der Waals surface area contributed by atoms with Gasteiger partial charge in [0, 0.05) is 11.6 Å². The number of hydrogen-bond acceptors (Lipinski definition) is 2. The topological polar surface area (TPSA) is 34.4 Å². The Morgan fingerprint density at radius 3 is 2.20 bits per heavy atom. The van der Waals surface area contributed by atoms with E-state index in [0.717, 1.165) is 21.3 Å². The predicted octanol–water partition coefficient (Wildman–Crippen LogP) is 6.46. The average Bonchev–Trinajstić information content (AvgIpc) is 3.07. The van der Waals surface area contributed by atoms with E-state index in [0.29, 0.717) is 21.4 Å². The van der Waals surface area contributed by atoms with Gasteiger partial charge in [0.2, 0.25) is 0 Å². The molecule has 0 spiro atoms. The smallest absolute Gasteiger partial charge is 0.260 e. The standard InChI is InChI=1S/C24H18Cl2N2OS/c1-2-13-28-22-19(26)14-18(25)15-20(22)30-24(28)27-23(29)21(16-9-5-3-6-10-16)17-11-7-4-8-12-17/h2-12,14-15,21H,1,13H2. The molecule has 1 amide bonds. The van der Waals surface area contributed by atoms with E-state index in [9.17, 15) is 4.79 Å². The third-order valence-electron chi connectivity index (χ3n) is 4.73. The molecule has 1 aromatic heterocycles. The van der Waals surface area contributed by atoms with Gasteiger partial charge in [-0.2, -0.15) is 4.99 Å². The summed E-state index contributed by atoms with van der Waals surface area (Å²) in [6.45, 7) is 4.31. The molecule has 0 atom stereocenters. The van der Waals surface area contributed by atoms with Gasteiger partial charge in [0.25, 0.3) is 5.91 Å². The van der Waals surface area contributed by atoms with Crippen LogP contribution in [0.1, 0.15) is 17.0 Å². The molecule has 0 N–H and O–H groups in total. The Labute approximate surface area is 188 Å². The molecule has 3 aromatic carbocycles. The van der Waals surface area contributed by atoms with Crippen molar-refractivity contribution in [2.45, 2.75) is 12.5 Å². The first-order valence-corrected chi connectivity index (χ1v) is 10.9. The molecule has 6 heteroatoms. The molecule has 0 bridgehead atoms. The van der Waals surface area contributed by atoms with Gasteiger partial charge in [-0.1, -0.05) is 101 Å². The molecule has 0 aliphatic heterocycles. The summed E-state index contributed by atoms with van der Waals surface area (Å²) >= 11 is 14.0. The molecule has 1 heterocycles. The molecule has 4 aromatic rings. The molecule has 0 fully saturated rings. The van der Waals surface area contributed by atoms with Crippen molar-refractivity contribution in [3.05, 3.63) is 111 Å². The number of carbonyl (C=O) groups is 1. The van der Waals surface area contributed by atoms with Crippen LogP contribution in [0.15, 0.2) is 90.4 Å². The van der Waals surface area contributed by atoms with Gasteiger partial charge in [0.1, 0.15) is 0 Å². The number of benzene rings is 3. The van der Waals surface area contributed by atoms with Crippen molar-refractivity contribution in [2.24, 2.45) is 4.99 Å². The van der Waals surface area contributed by atoms with E-state index in [2.05, 4.69) is 11.6 Å². The number of thiazole rings is 1. The zero-order valence-corrected chi connectivity index (χ0v) is 18.3. The summed E-state index contributed by atoms with van der Waals surface area (Å²) in [4.78, 5) is 18.5. The average molecular weight is 453 g/mol. The van der Waals surface area contributed by atoms with Crippen molar-refractivity contribution >= 4 is 50.7 Å². The summed E-state index contributed by atoms with van der Waals surface area (Å²) in [7, 11) is 0. The number of aromatic nitrogens is 1. The minimum absolute atomic E-state index is 0.237. The molecule has 0 saturated heterocycles. The van der Waals surface area contributed by atoms with Crippen LogP contribution >= 0.6 is 34.5 Å². The lowest BCUT2D eigenvalue weighted by molar-refractivity contribution is -0.118. The number of carbonyl (C=O) groups excluding carboxylic acids is 1. The second-order valence-electron chi connectivity index (χ2n) is 6.72. The van der Waals surface area contributed by atoms with E-state index >= 15 is 0 Å². The number of halogens is 2. The van der Waals surface area contributed by atoms with E-state index in [1.165, 1.54) is 11.3 Å². The summed E-state index contributed by atoms with van der Waals surface area (Å²) in [5.41, 5.74) is 2.60. The van der Waals surface area contributed by atoms with Crippen LogP contribution in [0.25, 0.3) is 10.2 Å². The number of hydrogen-bond donors (Lipinski definition) is 0. The fourth-order valence-corrected chi connectivity index (χ4v) is 5.27. The monoisotopic (exact) mass is 452 g/mol. The van der Waals surface area contributed by atoms with Gasteiger partial charge in [0.15, 0.2) is 4.80 Å². The Morgan fingerprint density at radius 1 is 1.03 bits per heavy atom. The highest BCUT2D eigenvalue weighted by molar-refractivity contribution is 7.16. The van der Waals surface area contributed by atoms with Gasteiger partial charge in [-0.05, 0) is 23.3 Å². The lowest BCUT2D eigenvalue weighted by Gasteiger charge is -2.14. The van der Waals surface area contributed by atoms with Gasteiger partial charge in [-0.15, -0.1) is 6.58 Å². The molecule has 0 saturated carbocycles. The number of fused-ring (bicyclic) bond motifs is 1. The van der Waals surface area contributed by atoms with E-state index in [1.807, 2.05) is 71.3 Å². The second-order valence-corrected chi connectivity index (χ2v) is 8.58. The molecule has 0 unspecified atom stereocenters. The number of amides is 1. The van der Waals surface area contributed by atoms with Gasteiger partial charge in [-0.25, -0.2) is 0 Å². The minimum Gasteiger partial charge on any atom is -0.311 e. The van der Waals surface area contributed by atoms with Crippen molar-refractivity contribution in [1.82, 2.24) is 4.57 Å². The predicted molar refractivity (Wildman–Crippen MR) is 125 cm³/mol. The van der Waals surface area contributed by atoms with Crippen molar-refractivity contribution in [1.29, 1.82) is 0 Å². The fraction of sp³-hybridized carbons (Fsp3) is 0.0833. The first-order chi connectivity index (χ1) is 14.6. The molecule has 150 valence electrons. The Morgan fingerprint density at radius 2 is 1.63 bits per heavy atom. The third kappa shape index (κ3) is 4.12. The Kier molecular flexibility index (Phi) is 6.18. The number of allylic oxidation sites excluding steroid dienone is 1. The van der Waals surface area contributed by atoms with Crippen LogP contribution in [0.3, 0.4) is 0 Å². The summed E-state index contributed by atoms with van der Waals surface area (Å²) in [6, 6.07) is 22.9. The summed E-state index contributed by atoms with van der Waals surface area (Å²) in [5.74, 6) is -0.729. The lowest BCUT2D eigenvalue weighted by Crippen LogP contribution is -2.20. The van der Waals surface area contributed by atoms with E-state index < -0.39 is 5.92 Å². The Balaban J connectivity index is 1.89. The minimum atomic E-state index is -0.492. The van der Waals surface area contributed by atoms with Gasteiger partial charge in [-0.3, -0.25) is 4.79 Å². The maximum Gasteiger partial charge on any atom is 0.260 e. The molecule has 0 aliphatic rings. The highest BCUT2D eigenvalue weighted by Gasteiger charge is 2.23. The van der Waals surface area contributed by atoms with E-state index in [4.69, 9.17) is 23.2 Å². The van der Waals surface area contributed by atoms with Gasteiger partial charge < -0.3 is 4.57 Å². The van der Waals surface area contributed by atoms with Crippen molar-refractivity contribution in [3.63, 3.8) is 0 Å². The zero-order chi connectivity index (χ0) is 21.1. The number of rotatable bonds is 5. The van der Waals surface area contributed by atoms with Gasteiger partial charge >= 0.3 is 0 Å². The fourth-order valence-electron chi connectivity index (χ4n) is 3.44. The van der Waals surface area contributed by atoms with Crippen LogP contribution in [-0.2, 0) is 11.3 Å². The highest BCUT2D eigenvalue weighted by atomic mass is 35.5. The summed E-state index contributed by atoms with van der Waals surface area (Å²) in [6.07, 6.45) is 1.76. The quantitative estimate of drug-likeness (QED) is 0.320. The normalized spacial score (nSPS) is 11.9. The highest BCUT2D eigenvalue weighted by Crippen LogP contribution is 2.30. The zero-order valence-electron chi connectivity index (χ0n) is 16.0. The van der Waals surface area contributed by atoms with Crippen molar-refractivity contribution < 1.29 is 4.79 Å². The third-order valence-corrected chi connectivity index (χ3v) is 6.26. The maximum absolute atomic E-state index is 13.4. The molecule has 0 aliphatic carbocycles. The Bertz CT molecular complexity index is 1240. The van der Waals surface area contributed by atoms with Crippen LogP contribution < -0.4 is 4.80 Å². The molecule has 30 heavy (non-hydrogen) atoms. The SMILES string of the molecule is C=CCn1c(=NC(=O)C(c2ccccc2)c2ccccc2)sc2cc(Cl)cc(Cl)c21. The summed E-state index contributed by atoms with van der Waals surface area (Å²) in [5, 5.41) is 1.07. The molecule has 4 rings (SSSR count). The molecule has 0 radical (unpaired) electrons. The first-order valence-electron chi connectivity index (χ1n) is 9.36. The van der Waals surface area contributed by atoms with Gasteiger partial charge in [0.05, 0.1) is 21.2 Å². The molecule has 3 nitrogen and oxygen atoms in total. The van der Waals surface area contributed by atoms with Crippen LogP contribution in [0.4, 0.5) is 0 Å². The lowest BCUT2D eigenvalue weighted by atomic mass is 9.91. The van der Waals surface area contributed by atoms with Crippen LogP contribution in [0, 0.1) is 0 Å². The summed E-state index contributed by atoms with van der Waals surface area (Å²) < 4.78 is 2.77. The van der Waals surface area contributed by atoms with Crippen LogP contribution in [-0.4, -0.2) is 10.5 Å². The van der Waals surface area contributed by atoms with Crippen molar-refractivity contribution in [3.8, 4) is 0 Å². The van der Waals surface area contributed by atoms with Crippen LogP contribution in [0.5, 0.6) is 0 Å². The van der Waals surface area contributed by atoms with Crippen molar-refractivity contribution in [2.75, 3.05) is 0 Å². The van der Waals surface area contributed by atoms with E-state index in [1.54, 1.807) is 12.1 Å². The Hall–Kier alpha value is -2.66. The molecular weight excluding hydrogens is 435 g/mol. The first kappa shape index (κ1) is 20.6. The largest absolute Gasteiger partial charge is 0.311 e. The van der Waals surface area contributed by atoms with Crippen LogP contribution in [0.2, 0.25) is 10.0 Å².